The first kappa shape index (κ1) is 14.7. The summed E-state index contributed by atoms with van der Waals surface area (Å²) in [5.74, 6) is 4.76. The summed E-state index contributed by atoms with van der Waals surface area (Å²) in [6.07, 6.45) is 0. The van der Waals surface area contributed by atoms with Crippen LogP contribution in [0.5, 0.6) is 0 Å². The second-order valence-electron chi connectivity index (χ2n) is 3.80. The molecular formula is C14H16N2O3. The number of nitrogens with two attached hydrogens (primary N) is 1. The summed E-state index contributed by atoms with van der Waals surface area (Å²) in [7, 11) is 1.27. The fourth-order valence-electron chi connectivity index (χ4n) is 1.37. The quantitative estimate of drug-likeness (QED) is 0.604. The molecule has 1 unspecified atom stereocenters. The molecule has 0 radical (unpaired) electrons. The number of amides is 1. The minimum Gasteiger partial charge on any atom is -0.467 e. The van der Waals surface area contributed by atoms with E-state index in [0.29, 0.717) is 12.1 Å². The Kier molecular flexibility index (Phi) is 5.58. The lowest BCUT2D eigenvalue weighted by molar-refractivity contribution is -0.142. The summed E-state index contributed by atoms with van der Waals surface area (Å²) in [4.78, 5) is 23.0. The predicted octanol–water partition coefficient (Wildman–Crippen LogP) is 0.288. The molecule has 1 aromatic rings. The summed E-state index contributed by atoms with van der Waals surface area (Å²) in [5.41, 5.74) is 6.50. The van der Waals surface area contributed by atoms with Crippen molar-refractivity contribution in [1.82, 2.24) is 5.32 Å². The van der Waals surface area contributed by atoms with E-state index in [2.05, 4.69) is 21.9 Å². The third-order valence-corrected chi connectivity index (χ3v) is 2.38. The third-order valence-electron chi connectivity index (χ3n) is 2.38. The van der Waals surface area contributed by atoms with Gasteiger partial charge in [0.2, 0.25) is 0 Å². The Hall–Kier alpha value is -2.32. The zero-order chi connectivity index (χ0) is 14.3. The van der Waals surface area contributed by atoms with E-state index in [1.54, 1.807) is 31.2 Å². The minimum atomic E-state index is -0.686. The van der Waals surface area contributed by atoms with Gasteiger partial charge >= 0.3 is 5.97 Å². The van der Waals surface area contributed by atoms with E-state index in [1.165, 1.54) is 7.11 Å². The average molecular weight is 260 g/mol. The van der Waals surface area contributed by atoms with E-state index in [9.17, 15) is 9.59 Å². The van der Waals surface area contributed by atoms with Crippen LogP contribution >= 0.6 is 0 Å². The van der Waals surface area contributed by atoms with Crippen molar-refractivity contribution in [1.29, 1.82) is 0 Å². The van der Waals surface area contributed by atoms with Gasteiger partial charge in [-0.05, 0) is 31.2 Å². The minimum absolute atomic E-state index is 0.291. The SMILES string of the molecule is COC(=O)C(C)NC(=O)c1ccc(C#CCN)cc1. The Bertz CT molecular complexity index is 512. The lowest BCUT2D eigenvalue weighted by Crippen LogP contribution is -2.39. The highest BCUT2D eigenvalue weighted by Gasteiger charge is 2.16. The molecule has 1 aromatic carbocycles. The van der Waals surface area contributed by atoms with Crippen molar-refractivity contribution in [2.75, 3.05) is 13.7 Å². The molecule has 0 aliphatic heterocycles. The van der Waals surface area contributed by atoms with Crippen molar-refractivity contribution < 1.29 is 14.3 Å². The van der Waals surface area contributed by atoms with Gasteiger partial charge in [-0.1, -0.05) is 11.8 Å². The standard InChI is InChI=1S/C14H16N2O3/c1-10(14(18)19-2)16-13(17)12-7-5-11(6-8-12)4-3-9-15/h5-8,10H,9,15H2,1-2H3,(H,16,17). The molecule has 0 aliphatic rings. The molecule has 0 saturated heterocycles. The normalized spacial score (nSPS) is 10.9. The number of methoxy groups -OCH3 is 1. The molecule has 0 aromatic heterocycles. The average Bonchev–Trinajstić information content (AvgIpc) is 2.44. The molecule has 5 heteroatoms. The van der Waals surface area contributed by atoms with Crippen LogP contribution < -0.4 is 11.1 Å². The highest BCUT2D eigenvalue weighted by Crippen LogP contribution is 2.04. The molecule has 0 heterocycles. The molecule has 0 saturated carbocycles. The Balaban J connectivity index is 2.70. The van der Waals surface area contributed by atoms with E-state index in [4.69, 9.17) is 5.73 Å². The van der Waals surface area contributed by atoms with Crippen LogP contribution in [0, 0.1) is 11.8 Å². The number of ether oxygens (including phenoxy) is 1. The first-order valence-corrected chi connectivity index (χ1v) is 5.76. The highest BCUT2D eigenvalue weighted by atomic mass is 16.5. The molecule has 0 fully saturated rings. The van der Waals surface area contributed by atoms with Crippen molar-refractivity contribution in [3.8, 4) is 11.8 Å². The number of nitrogens with one attached hydrogen (secondary N) is 1. The van der Waals surface area contributed by atoms with Gasteiger partial charge in [-0.2, -0.15) is 0 Å². The van der Waals surface area contributed by atoms with Gasteiger partial charge in [-0.25, -0.2) is 4.79 Å². The topological polar surface area (TPSA) is 81.4 Å². The molecule has 3 N–H and O–H groups in total. The number of esters is 1. The van der Waals surface area contributed by atoms with E-state index in [1.807, 2.05) is 0 Å². The molecule has 5 nitrogen and oxygen atoms in total. The predicted molar refractivity (Wildman–Crippen MR) is 71.3 cm³/mol. The van der Waals surface area contributed by atoms with Crippen LogP contribution in [0.25, 0.3) is 0 Å². The zero-order valence-electron chi connectivity index (χ0n) is 10.9. The van der Waals surface area contributed by atoms with E-state index >= 15 is 0 Å². The Morgan fingerprint density at radius 1 is 1.37 bits per heavy atom. The van der Waals surface area contributed by atoms with Crippen LogP contribution in [0.1, 0.15) is 22.8 Å². The number of carbonyl (C=O) groups excluding carboxylic acids is 2. The maximum absolute atomic E-state index is 11.8. The van der Waals surface area contributed by atoms with Crippen molar-refractivity contribution in [3.05, 3.63) is 35.4 Å². The maximum atomic E-state index is 11.8. The largest absolute Gasteiger partial charge is 0.467 e. The van der Waals surface area contributed by atoms with Crippen molar-refractivity contribution in [3.63, 3.8) is 0 Å². The highest BCUT2D eigenvalue weighted by molar-refractivity contribution is 5.96. The number of benzene rings is 1. The van der Waals surface area contributed by atoms with Gasteiger partial charge in [0.1, 0.15) is 6.04 Å². The molecular weight excluding hydrogens is 244 g/mol. The number of hydrogen-bond acceptors (Lipinski definition) is 4. The van der Waals surface area contributed by atoms with Gasteiger partial charge in [0.15, 0.2) is 0 Å². The van der Waals surface area contributed by atoms with Gasteiger partial charge in [0.05, 0.1) is 13.7 Å². The molecule has 19 heavy (non-hydrogen) atoms. The van der Waals surface area contributed by atoms with Crippen LogP contribution in [0.4, 0.5) is 0 Å². The van der Waals surface area contributed by atoms with E-state index < -0.39 is 12.0 Å². The Morgan fingerprint density at radius 3 is 2.53 bits per heavy atom. The van der Waals surface area contributed by atoms with Gasteiger partial charge in [-0.3, -0.25) is 4.79 Å². The Labute approximate surface area is 112 Å². The molecule has 100 valence electrons. The van der Waals surface area contributed by atoms with Crippen molar-refractivity contribution >= 4 is 11.9 Å². The van der Waals surface area contributed by atoms with E-state index in [0.717, 1.165) is 5.56 Å². The third kappa shape index (κ3) is 4.45. The molecule has 1 amide bonds. The number of rotatable bonds is 3. The van der Waals surface area contributed by atoms with Crippen LogP contribution in [0.2, 0.25) is 0 Å². The van der Waals surface area contributed by atoms with Gasteiger partial charge in [-0.15, -0.1) is 0 Å². The fourth-order valence-corrected chi connectivity index (χ4v) is 1.37. The first-order valence-electron chi connectivity index (χ1n) is 5.76. The first-order chi connectivity index (χ1) is 9.08. The molecule has 0 aliphatic carbocycles. The summed E-state index contributed by atoms with van der Waals surface area (Å²) in [5, 5.41) is 2.54. The van der Waals surface area contributed by atoms with Gasteiger partial charge < -0.3 is 15.8 Å². The molecule has 1 atom stereocenters. The molecule has 1 rings (SSSR count). The lowest BCUT2D eigenvalue weighted by Gasteiger charge is -2.11. The van der Waals surface area contributed by atoms with Gasteiger partial charge in [0.25, 0.3) is 5.91 Å². The summed E-state index contributed by atoms with van der Waals surface area (Å²) >= 11 is 0. The van der Waals surface area contributed by atoms with Crippen molar-refractivity contribution in [2.45, 2.75) is 13.0 Å². The van der Waals surface area contributed by atoms with Crippen LogP contribution in [0.15, 0.2) is 24.3 Å². The lowest BCUT2D eigenvalue weighted by atomic mass is 10.1. The fraction of sp³-hybridized carbons (Fsp3) is 0.286. The number of hydrogen-bond donors (Lipinski definition) is 2. The maximum Gasteiger partial charge on any atom is 0.328 e. The van der Waals surface area contributed by atoms with E-state index in [-0.39, 0.29) is 5.91 Å². The van der Waals surface area contributed by atoms with Crippen LogP contribution in [0.3, 0.4) is 0 Å². The molecule has 0 spiro atoms. The molecule has 0 bridgehead atoms. The monoisotopic (exact) mass is 260 g/mol. The summed E-state index contributed by atoms with van der Waals surface area (Å²) in [6.45, 7) is 1.85. The summed E-state index contributed by atoms with van der Waals surface area (Å²) < 4.78 is 4.53. The number of carbonyl (C=O) groups is 2. The zero-order valence-corrected chi connectivity index (χ0v) is 10.9. The van der Waals surface area contributed by atoms with Crippen molar-refractivity contribution in [2.24, 2.45) is 5.73 Å². The second kappa shape index (κ2) is 7.19. The Morgan fingerprint density at radius 2 is 2.00 bits per heavy atom. The van der Waals surface area contributed by atoms with Gasteiger partial charge in [0, 0.05) is 11.1 Å². The van der Waals surface area contributed by atoms with Crippen LogP contribution in [-0.4, -0.2) is 31.6 Å². The summed E-state index contributed by atoms with van der Waals surface area (Å²) in [6, 6.07) is 6.04. The van der Waals surface area contributed by atoms with Crippen LogP contribution in [-0.2, 0) is 9.53 Å². The second-order valence-corrected chi connectivity index (χ2v) is 3.80. The smallest absolute Gasteiger partial charge is 0.328 e.